The van der Waals surface area contributed by atoms with Gasteiger partial charge in [-0.3, -0.25) is 4.79 Å². The number of aliphatic carboxylic acids is 1. The summed E-state index contributed by atoms with van der Waals surface area (Å²) >= 11 is 1.50. The molecule has 0 spiro atoms. The van der Waals surface area contributed by atoms with E-state index in [9.17, 15) is 4.79 Å². The molecule has 15 heavy (non-hydrogen) atoms. The summed E-state index contributed by atoms with van der Waals surface area (Å²) in [6.07, 6.45) is 2.54. The Balaban J connectivity index is 2.15. The van der Waals surface area contributed by atoms with Gasteiger partial charge in [0.15, 0.2) is 5.13 Å². The Labute approximate surface area is 92.6 Å². The third-order valence-electron chi connectivity index (χ3n) is 2.59. The molecule has 1 saturated carbocycles. The number of nitrogens with zero attached hydrogens (tertiary/aromatic N) is 2. The Bertz CT molecular complexity index is 385. The first-order chi connectivity index (χ1) is 7.08. The van der Waals surface area contributed by atoms with E-state index in [1.165, 1.54) is 24.2 Å². The number of thiazole rings is 1. The van der Waals surface area contributed by atoms with E-state index < -0.39 is 5.97 Å². The highest BCUT2D eigenvalue weighted by Gasteiger charge is 2.28. The van der Waals surface area contributed by atoms with Crippen LogP contribution in [0, 0.1) is 6.92 Å². The quantitative estimate of drug-likeness (QED) is 0.848. The molecular formula is C10H14N2O2S. The molecule has 1 aromatic heterocycles. The largest absolute Gasteiger partial charge is 0.481 e. The minimum absolute atomic E-state index is 0.0853. The fourth-order valence-corrected chi connectivity index (χ4v) is 2.57. The van der Waals surface area contributed by atoms with Gasteiger partial charge in [-0.15, -0.1) is 11.3 Å². The average Bonchev–Trinajstić information content (AvgIpc) is 2.92. The van der Waals surface area contributed by atoms with Gasteiger partial charge in [-0.2, -0.15) is 0 Å². The van der Waals surface area contributed by atoms with Crippen molar-refractivity contribution in [2.75, 3.05) is 11.9 Å². The number of hydrogen-bond acceptors (Lipinski definition) is 4. The van der Waals surface area contributed by atoms with Crippen LogP contribution in [0.15, 0.2) is 0 Å². The van der Waals surface area contributed by atoms with Gasteiger partial charge >= 0.3 is 5.97 Å². The van der Waals surface area contributed by atoms with Crippen molar-refractivity contribution in [2.45, 2.75) is 32.2 Å². The van der Waals surface area contributed by atoms with Gasteiger partial charge in [-0.25, -0.2) is 4.98 Å². The van der Waals surface area contributed by atoms with Crippen LogP contribution in [0.25, 0.3) is 0 Å². The van der Waals surface area contributed by atoms with Crippen molar-refractivity contribution >= 4 is 22.4 Å². The molecule has 0 radical (unpaired) electrons. The highest BCUT2D eigenvalue weighted by Crippen LogP contribution is 2.33. The third-order valence-corrected chi connectivity index (χ3v) is 3.84. The van der Waals surface area contributed by atoms with Gasteiger partial charge in [0.25, 0.3) is 0 Å². The van der Waals surface area contributed by atoms with Crippen LogP contribution >= 0.6 is 11.3 Å². The number of carbonyl (C=O) groups is 1. The number of anilines is 1. The van der Waals surface area contributed by atoms with Crippen LogP contribution in [-0.2, 0) is 11.2 Å². The van der Waals surface area contributed by atoms with Crippen LogP contribution in [0.4, 0.5) is 5.13 Å². The van der Waals surface area contributed by atoms with Gasteiger partial charge < -0.3 is 10.0 Å². The van der Waals surface area contributed by atoms with Gasteiger partial charge in [0.05, 0.1) is 12.1 Å². The third kappa shape index (κ3) is 2.28. The normalized spacial score (nSPS) is 15.3. The van der Waals surface area contributed by atoms with Crippen LogP contribution in [0.2, 0.25) is 0 Å². The van der Waals surface area contributed by atoms with Crippen molar-refractivity contribution in [2.24, 2.45) is 0 Å². The number of aryl methyl sites for hydroxylation is 1. The van der Waals surface area contributed by atoms with Crippen molar-refractivity contribution in [3.63, 3.8) is 0 Å². The average molecular weight is 226 g/mol. The van der Waals surface area contributed by atoms with E-state index >= 15 is 0 Å². The predicted molar refractivity (Wildman–Crippen MR) is 59.6 cm³/mol. The molecule has 1 aliphatic carbocycles. The zero-order chi connectivity index (χ0) is 11.0. The van der Waals surface area contributed by atoms with E-state index in [0.717, 1.165) is 15.7 Å². The van der Waals surface area contributed by atoms with E-state index in [1.54, 1.807) is 0 Å². The zero-order valence-corrected chi connectivity index (χ0v) is 9.67. The van der Waals surface area contributed by atoms with E-state index in [4.69, 9.17) is 5.11 Å². The maximum atomic E-state index is 10.6. The Morgan fingerprint density at radius 3 is 2.87 bits per heavy atom. The molecule has 4 nitrogen and oxygen atoms in total. The molecule has 0 atom stereocenters. The highest BCUT2D eigenvalue weighted by atomic mass is 32.1. The maximum Gasteiger partial charge on any atom is 0.308 e. The van der Waals surface area contributed by atoms with Crippen molar-refractivity contribution < 1.29 is 9.90 Å². The lowest BCUT2D eigenvalue weighted by molar-refractivity contribution is -0.136. The van der Waals surface area contributed by atoms with E-state index in [-0.39, 0.29) is 6.42 Å². The lowest BCUT2D eigenvalue weighted by atomic mass is 10.3. The van der Waals surface area contributed by atoms with Gasteiger partial charge in [0.1, 0.15) is 0 Å². The van der Waals surface area contributed by atoms with Gasteiger partial charge in [-0.1, -0.05) is 0 Å². The fraction of sp³-hybridized carbons (Fsp3) is 0.600. The molecule has 1 N–H and O–H groups in total. The molecule has 0 bridgehead atoms. The monoisotopic (exact) mass is 226 g/mol. The Kier molecular flexibility index (Phi) is 2.65. The Hall–Kier alpha value is -1.10. The van der Waals surface area contributed by atoms with Crippen LogP contribution in [0.3, 0.4) is 0 Å². The van der Waals surface area contributed by atoms with Crippen molar-refractivity contribution in [1.82, 2.24) is 4.98 Å². The van der Waals surface area contributed by atoms with E-state index in [2.05, 4.69) is 9.88 Å². The molecule has 1 aliphatic rings. The Morgan fingerprint density at radius 1 is 1.67 bits per heavy atom. The molecule has 82 valence electrons. The van der Waals surface area contributed by atoms with Crippen molar-refractivity contribution in [1.29, 1.82) is 0 Å². The Morgan fingerprint density at radius 2 is 2.33 bits per heavy atom. The number of aromatic nitrogens is 1. The second-order valence-electron chi connectivity index (χ2n) is 3.92. The number of carboxylic acids is 1. The maximum absolute atomic E-state index is 10.6. The summed E-state index contributed by atoms with van der Waals surface area (Å²) < 4.78 is 0. The molecular weight excluding hydrogens is 212 g/mol. The number of carboxylic acid groups (broad SMARTS) is 1. The first-order valence-corrected chi connectivity index (χ1v) is 5.80. The standard InChI is InChI=1S/C10H14N2O2S/c1-6-8(5-9(13)14)15-10(11-6)12(2)7-3-4-7/h7H,3-5H2,1-2H3,(H,13,14). The lowest BCUT2D eigenvalue weighted by Gasteiger charge is -2.13. The molecule has 0 aliphatic heterocycles. The van der Waals surface area contributed by atoms with Crippen LogP contribution in [-0.4, -0.2) is 29.1 Å². The molecule has 1 heterocycles. The molecule has 0 unspecified atom stereocenters. The first-order valence-electron chi connectivity index (χ1n) is 4.99. The fourth-order valence-electron chi connectivity index (χ4n) is 1.48. The van der Waals surface area contributed by atoms with Crippen LogP contribution in [0.5, 0.6) is 0 Å². The summed E-state index contributed by atoms with van der Waals surface area (Å²) in [5.74, 6) is -0.789. The molecule has 5 heteroatoms. The summed E-state index contributed by atoms with van der Waals surface area (Å²) in [6, 6.07) is 0.619. The lowest BCUT2D eigenvalue weighted by Crippen LogP contribution is -2.18. The minimum Gasteiger partial charge on any atom is -0.481 e. The molecule has 1 fully saturated rings. The number of hydrogen-bond donors (Lipinski definition) is 1. The second-order valence-corrected chi connectivity index (χ2v) is 4.98. The van der Waals surface area contributed by atoms with E-state index in [1.807, 2.05) is 14.0 Å². The predicted octanol–water partition coefficient (Wildman–Crippen LogP) is 1.68. The minimum atomic E-state index is -0.789. The topological polar surface area (TPSA) is 53.4 Å². The molecule has 1 aromatic rings. The number of rotatable bonds is 4. The molecule has 0 amide bonds. The molecule has 2 rings (SSSR count). The first kappa shape index (κ1) is 10.4. The molecule has 0 saturated heterocycles. The van der Waals surface area contributed by atoms with Gasteiger partial charge in [-0.05, 0) is 19.8 Å². The summed E-state index contributed by atoms with van der Waals surface area (Å²) in [7, 11) is 2.03. The van der Waals surface area contributed by atoms with Gasteiger partial charge in [0.2, 0.25) is 0 Å². The van der Waals surface area contributed by atoms with Crippen LogP contribution < -0.4 is 4.90 Å². The van der Waals surface area contributed by atoms with Crippen LogP contribution in [0.1, 0.15) is 23.4 Å². The SMILES string of the molecule is Cc1nc(N(C)C2CC2)sc1CC(=O)O. The summed E-state index contributed by atoms with van der Waals surface area (Å²) in [5, 5.41) is 9.68. The van der Waals surface area contributed by atoms with Gasteiger partial charge in [0, 0.05) is 18.0 Å². The molecule has 0 aromatic carbocycles. The summed E-state index contributed by atoms with van der Waals surface area (Å²) in [5.41, 5.74) is 0.852. The zero-order valence-electron chi connectivity index (χ0n) is 8.86. The summed E-state index contributed by atoms with van der Waals surface area (Å²) in [4.78, 5) is 18.0. The highest BCUT2D eigenvalue weighted by molar-refractivity contribution is 7.15. The smallest absolute Gasteiger partial charge is 0.308 e. The van der Waals surface area contributed by atoms with Crippen molar-refractivity contribution in [3.05, 3.63) is 10.6 Å². The second kappa shape index (κ2) is 3.81. The van der Waals surface area contributed by atoms with Crippen molar-refractivity contribution in [3.8, 4) is 0 Å². The van der Waals surface area contributed by atoms with E-state index in [0.29, 0.717) is 6.04 Å². The summed E-state index contributed by atoms with van der Waals surface area (Å²) in [6.45, 7) is 1.87.